The van der Waals surface area contributed by atoms with E-state index in [1.165, 1.54) is 141 Å². The molecule has 0 aliphatic carbocycles. The number of carbonyl (C=O) groups excluding carboxylic acids is 2. The lowest BCUT2D eigenvalue weighted by Gasteiger charge is -2.26. The van der Waals surface area contributed by atoms with Gasteiger partial charge in [-0.3, -0.25) is 9.59 Å². The molecule has 0 unspecified atom stereocenters. The highest BCUT2D eigenvalue weighted by Gasteiger charge is 2.21. The van der Waals surface area contributed by atoms with E-state index in [0.29, 0.717) is 19.4 Å². The molecule has 54 heavy (non-hydrogen) atoms. The van der Waals surface area contributed by atoms with E-state index in [-0.39, 0.29) is 30.1 Å². The van der Waals surface area contributed by atoms with Crippen molar-refractivity contribution >= 4 is 11.9 Å². The molecule has 0 saturated carbocycles. The fourth-order valence-corrected chi connectivity index (χ4v) is 7.55. The Labute approximate surface area is 337 Å². The smallest absolute Gasteiger partial charge is 0.306 e. The van der Waals surface area contributed by atoms with Crippen LogP contribution in [-0.4, -0.2) is 60.9 Å². The highest BCUT2D eigenvalue weighted by Crippen LogP contribution is 2.30. The summed E-state index contributed by atoms with van der Waals surface area (Å²) in [4.78, 5) is 27.6. The predicted molar refractivity (Wildman–Crippen MR) is 232 cm³/mol. The van der Waals surface area contributed by atoms with Gasteiger partial charge >= 0.3 is 11.9 Å². The summed E-state index contributed by atoms with van der Waals surface area (Å²) in [6.45, 7) is 15.5. The van der Waals surface area contributed by atoms with Crippen molar-refractivity contribution < 1.29 is 24.2 Å². The highest BCUT2D eigenvalue weighted by atomic mass is 16.5. The van der Waals surface area contributed by atoms with Crippen molar-refractivity contribution in [3.63, 3.8) is 0 Å². The molecule has 0 aliphatic heterocycles. The Balaban J connectivity index is 4.33. The van der Waals surface area contributed by atoms with Crippen molar-refractivity contribution in [2.24, 2.45) is 5.41 Å². The van der Waals surface area contributed by atoms with Crippen LogP contribution >= 0.6 is 0 Å². The first-order chi connectivity index (χ1) is 26.3. The molecule has 0 bridgehead atoms. The maximum Gasteiger partial charge on any atom is 0.306 e. The van der Waals surface area contributed by atoms with E-state index in [9.17, 15) is 14.7 Å². The maximum atomic E-state index is 13.0. The number of rotatable bonds is 43. The molecule has 0 amide bonds. The third-order valence-electron chi connectivity index (χ3n) is 11.4. The molecule has 0 aromatic carbocycles. The number of aliphatic hydroxyl groups is 1. The van der Waals surface area contributed by atoms with Crippen molar-refractivity contribution in [2.75, 3.05) is 32.8 Å². The number of aliphatic hydroxyl groups excluding tert-OH is 1. The summed E-state index contributed by atoms with van der Waals surface area (Å²) in [7, 11) is 0. The van der Waals surface area contributed by atoms with Gasteiger partial charge in [-0.25, -0.2) is 0 Å². The molecule has 6 heteroatoms. The topological polar surface area (TPSA) is 76.1 Å². The fourth-order valence-electron chi connectivity index (χ4n) is 7.55. The second-order valence-electron chi connectivity index (χ2n) is 17.5. The van der Waals surface area contributed by atoms with Crippen LogP contribution in [0.25, 0.3) is 0 Å². The lowest BCUT2D eigenvalue weighted by atomic mass is 9.82. The van der Waals surface area contributed by atoms with Gasteiger partial charge in [-0.1, -0.05) is 163 Å². The zero-order valence-electron chi connectivity index (χ0n) is 37.2. The van der Waals surface area contributed by atoms with Gasteiger partial charge in [-0.15, -0.1) is 0 Å². The Morgan fingerprint density at radius 3 is 1.48 bits per heavy atom. The van der Waals surface area contributed by atoms with Crippen molar-refractivity contribution in [1.29, 1.82) is 0 Å². The zero-order chi connectivity index (χ0) is 39.8. The van der Waals surface area contributed by atoms with Gasteiger partial charge in [-0.2, -0.15) is 0 Å². The average Bonchev–Trinajstić information content (AvgIpc) is 3.15. The van der Waals surface area contributed by atoms with E-state index < -0.39 is 0 Å². The van der Waals surface area contributed by atoms with E-state index in [2.05, 4.69) is 39.5 Å². The van der Waals surface area contributed by atoms with Gasteiger partial charge in [0.25, 0.3) is 0 Å². The van der Waals surface area contributed by atoms with E-state index in [1.54, 1.807) is 0 Å². The molecule has 0 atom stereocenters. The van der Waals surface area contributed by atoms with Gasteiger partial charge in [0.1, 0.15) is 6.10 Å². The van der Waals surface area contributed by atoms with Crippen LogP contribution in [0.2, 0.25) is 0 Å². The first-order valence-electron chi connectivity index (χ1n) is 24.0. The summed E-state index contributed by atoms with van der Waals surface area (Å²) >= 11 is 0. The summed E-state index contributed by atoms with van der Waals surface area (Å²) in [5.74, 6) is -0.00537. The van der Waals surface area contributed by atoms with Crippen LogP contribution in [0, 0.1) is 5.41 Å². The maximum absolute atomic E-state index is 13.0. The molecule has 0 aromatic heterocycles. The summed E-state index contributed by atoms with van der Waals surface area (Å²) in [6.07, 6.45) is 39.2. The molecular formula is C48H95NO5. The van der Waals surface area contributed by atoms with Gasteiger partial charge in [0.15, 0.2) is 0 Å². The number of ether oxygens (including phenoxy) is 2. The number of nitrogens with zero attached hydrogens (tertiary/aromatic N) is 1. The second kappa shape index (κ2) is 40.1. The van der Waals surface area contributed by atoms with E-state index in [4.69, 9.17) is 9.47 Å². The van der Waals surface area contributed by atoms with Gasteiger partial charge < -0.3 is 19.5 Å². The SMILES string of the molecule is CCCCCCCCCC(=O)OCCCCCCCN(CCCCO)CCCCC(C)(C)CCC(=O)OC(CCCCCCCC)CCCCCCCC. The molecule has 0 fully saturated rings. The van der Waals surface area contributed by atoms with Crippen LogP contribution in [-0.2, 0) is 19.1 Å². The number of esters is 2. The fraction of sp³-hybridized carbons (Fsp3) is 0.958. The Morgan fingerprint density at radius 1 is 0.500 bits per heavy atom. The predicted octanol–water partition coefficient (Wildman–Crippen LogP) is 14.1. The Bertz CT molecular complexity index is 786. The summed E-state index contributed by atoms with van der Waals surface area (Å²) in [5, 5.41) is 9.33. The minimum atomic E-state index is -0.0192. The number of hydrogen-bond donors (Lipinski definition) is 1. The van der Waals surface area contributed by atoms with Crippen LogP contribution in [0.1, 0.15) is 253 Å². The monoisotopic (exact) mass is 766 g/mol. The van der Waals surface area contributed by atoms with E-state index in [1.807, 2.05) is 0 Å². The normalized spacial score (nSPS) is 11.9. The lowest BCUT2D eigenvalue weighted by Crippen LogP contribution is -2.28. The molecule has 0 spiro atoms. The van der Waals surface area contributed by atoms with Crippen molar-refractivity contribution in [3.8, 4) is 0 Å². The molecule has 322 valence electrons. The second-order valence-corrected chi connectivity index (χ2v) is 17.5. The number of unbranched alkanes of at least 4 members (excludes halogenated alkanes) is 22. The summed E-state index contributed by atoms with van der Waals surface area (Å²) in [6, 6.07) is 0. The largest absolute Gasteiger partial charge is 0.466 e. The van der Waals surface area contributed by atoms with Crippen molar-refractivity contribution in [2.45, 2.75) is 259 Å². The Hall–Kier alpha value is -1.14. The minimum absolute atomic E-state index is 0.0138. The third-order valence-corrected chi connectivity index (χ3v) is 11.4. The highest BCUT2D eigenvalue weighted by molar-refractivity contribution is 5.69. The average molecular weight is 766 g/mol. The van der Waals surface area contributed by atoms with E-state index >= 15 is 0 Å². The Morgan fingerprint density at radius 2 is 0.944 bits per heavy atom. The molecule has 0 aromatic rings. The van der Waals surface area contributed by atoms with Gasteiger partial charge in [0.2, 0.25) is 0 Å². The molecule has 0 saturated heterocycles. The molecule has 1 N–H and O–H groups in total. The van der Waals surface area contributed by atoms with Crippen LogP contribution in [0.15, 0.2) is 0 Å². The van der Waals surface area contributed by atoms with Gasteiger partial charge in [-0.05, 0) is 102 Å². The molecule has 6 nitrogen and oxygen atoms in total. The summed E-state index contributed by atoms with van der Waals surface area (Å²) in [5.41, 5.74) is 0.136. The van der Waals surface area contributed by atoms with Crippen molar-refractivity contribution in [3.05, 3.63) is 0 Å². The van der Waals surface area contributed by atoms with Crippen LogP contribution in [0.5, 0.6) is 0 Å². The van der Waals surface area contributed by atoms with Gasteiger partial charge in [0.05, 0.1) is 6.61 Å². The molecule has 0 heterocycles. The third kappa shape index (κ3) is 37.8. The minimum Gasteiger partial charge on any atom is -0.466 e. The Kier molecular flexibility index (Phi) is 39.2. The molecule has 0 radical (unpaired) electrons. The van der Waals surface area contributed by atoms with Gasteiger partial charge in [0, 0.05) is 19.4 Å². The summed E-state index contributed by atoms with van der Waals surface area (Å²) < 4.78 is 11.6. The van der Waals surface area contributed by atoms with Crippen LogP contribution in [0.4, 0.5) is 0 Å². The number of carbonyl (C=O) groups is 2. The standard InChI is InChI=1S/C48H95NO5/c1-6-9-12-15-18-22-27-36-46(51)53-44-33-24-19-23-29-40-49(42-31-32-43-50)41-30-28-38-48(4,5)39-37-47(52)54-45(34-25-20-16-13-10-7-2)35-26-21-17-14-11-8-3/h45,50H,6-44H2,1-5H3. The first-order valence-corrected chi connectivity index (χ1v) is 24.0. The molecule has 0 rings (SSSR count). The van der Waals surface area contributed by atoms with Crippen LogP contribution in [0.3, 0.4) is 0 Å². The lowest BCUT2D eigenvalue weighted by molar-refractivity contribution is -0.150. The van der Waals surface area contributed by atoms with Crippen molar-refractivity contribution in [1.82, 2.24) is 4.90 Å². The quantitative estimate of drug-likeness (QED) is 0.0492. The molecular weight excluding hydrogens is 671 g/mol. The number of hydrogen-bond acceptors (Lipinski definition) is 6. The molecule has 0 aliphatic rings. The van der Waals surface area contributed by atoms with Crippen LogP contribution < -0.4 is 0 Å². The zero-order valence-corrected chi connectivity index (χ0v) is 37.2. The van der Waals surface area contributed by atoms with E-state index in [0.717, 1.165) is 83.8 Å². The first kappa shape index (κ1) is 52.9.